The predicted molar refractivity (Wildman–Crippen MR) is 47.6 cm³/mol. The first-order valence-corrected chi connectivity index (χ1v) is 4.46. The van der Waals surface area contributed by atoms with Crippen LogP contribution in [0.5, 0.6) is 0 Å². The second kappa shape index (κ2) is 3.40. The lowest BCUT2D eigenvalue weighted by Crippen LogP contribution is -2.31. The third-order valence-corrected chi connectivity index (χ3v) is 2.30. The third kappa shape index (κ3) is 2.33. The first-order valence-electron chi connectivity index (χ1n) is 4.46. The summed E-state index contributed by atoms with van der Waals surface area (Å²) < 4.78 is 5.70. The van der Waals surface area contributed by atoms with Crippen molar-refractivity contribution in [2.45, 2.75) is 45.6 Å². The van der Waals surface area contributed by atoms with Crippen molar-refractivity contribution >= 4 is 0 Å². The van der Waals surface area contributed by atoms with Crippen LogP contribution in [-0.4, -0.2) is 12.2 Å². The Morgan fingerprint density at radius 2 is 2.36 bits per heavy atom. The molecular weight excluding hydrogens is 136 g/mol. The van der Waals surface area contributed by atoms with Crippen LogP contribution in [0.1, 0.15) is 40.0 Å². The van der Waals surface area contributed by atoms with Crippen LogP contribution < -0.4 is 0 Å². The second-order valence-corrected chi connectivity index (χ2v) is 3.74. The summed E-state index contributed by atoms with van der Waals surface area (Å²) in [6.45, 7) is 7.42. The predicted octanol–water partition coefficient (Wildman–Crippen LogP) is 2.91. The lowest BCUT2D eigenvalue weighted by molar-refractivity contribution is -0.0312. The highest BCUT2D eigenvalue weighted by Crippen LogP contribution is 2.28. The van der Waals surface area contributed by atoms with E-state index in [-0.39, 0.29) is 5.60 Å². The molecule has 64 valence electrons. The number of rotatable bonds is 2. The highest BCUT2D eigenvalue weighted by molar-refractivity contribution is 5.06. The molecule has 1 aliphatic rings. The van der Waals surface area contributed by atoms with E-state index in [2.05, 4.69) is 26.8 Å². The first-order chi connectivity index (χ1) is 5.16. The summed E-state index contributed by atoms with van der Waals surface area (Å²) in [6, 6.07) is 0. The van der Waals surface area contributed by atoms with E-state index in [0.29, 0.717) is 0 Å². The summed E-state index contributed by atoms with van der Waals surface area (Å²) in [5.74, 6) is 0. The maximum atomic E-state index is 5.70. The van der Waals surface area contributed by atoms with Crippen LogP contribution in [0.25, 0.3) is 0 Å². The van der Waals surface area contributed by atoms with Gasteiger partial charge in [0.1, 0.15) is 0 Å². The Morgan fingerprint density at radius 3 is 2.91 bits per heavy atom. The molecular formula is C10H18O. The average Bonchev–Trinajstić information content (AvgIpc) is 1.86. The van der Waals surface area contributed by atoms with Gasteiger partial charge in [0.2, 0.25) is 0 Å². The van der Waals surface area contributed by atoms with Gasteiger partial charge in [-0.2, -0.15) is 0 Å². The molecule has 1 heteroatoms. The van der Waals surface area contributed by atoms with Gasteiger partial charge >= 0.3 is 0 Å². The lowest BCUT2D eigenvalue weighted by atomic mass is 9.90. The molecule has 0 saturated heterocycles. The largest absolute Gasteiger partial charge is 0.371 e. The fraction of sp³-hybridized carbons (Fsp3) is 0.800. The van der Waals surface area contributed by atoms with Crippen LogP contribution in [0.2, 0.25) is 0 Å². The van der Waals surface area contributed by atoms with Crippen molar-refractivity contribution in [2.75, 3.05) is 6.61 Å². The van der Waals surface area contributed by atoms with Crippen LogP contribution in [0, 0.1) is 0 Å². The smallest absolute Gasteiger partial charge is 0.0695 e. The van der Waals surface area contributed by atoms with Gasteiger partial charge in [-0.1, -0.05) is 25.0 Å². The summed E-state index contributed by atoms with van der Waals surface area (Å²) in [7, 11) is 0. The number of ether oxygens (including phenoxy) is 1. The zero-order chi connectivity index (χ0) is 8.32. The van der Waals surface area contributed by atoms with Gasteiger partial charge in [-0.3, -0.25) is 0 Å². The molecule has 1 aliphatic heterocycles. The van der Waals surface area contributed by atoms with Crippen LogP contribution in [-0.2, 0) is 4.74 Å². The molecule has 0 amide bonds. The normalized spacial score (nSPS) is 31.7. The van der Waals surface area contributed by atoms with Gasteiger partial charge in [0.25, 0.3) is 0 Å². The molecule has 11 heavy (non-hydrogen) atoms. The van der Waals surface area contributed by atoms with Crippen molar-refractivity contribution in [2.24, 2.45) is 0 Å². The summed E-state index contributed by atoms with van der Waals surface area (Å²) in [5.41, 5.74) is 1.61. The van der Waals surface area contributed by atoms with Gasteiger partial charge in [0.05, 0.1) is 12.2 Å². The maximum absolute atomic E-state index is 5.70. The summed E-state index contributed by atoms with van der Waals surface area (Å²) in [4.78, 5) is 0. The Kier molecular flexibility index (Phi) is 2.72. The monoisotopic (exact) mass is 154 g/mol. The molecule has 0 saturated carbocycles. The van der Waals surface area contributed by atoms with E-state index >= 15 is 0 Å². The molecule has 0 aromatic heterocycles. The summed E-state index contributed by atoms with van der Waals surface area (Å²) in [5, 5.41) is 0. The van der Waals surface area contributed by atoms with Gasteiger partial charge in [-0.25, -0.2) is 0 Å². The summed E-state index contributed by atoms with van der Waals surface area (Å²) >= 11 is 0. The molecule has 1 rings (SSSR count). The Morgan fingerprint density at radius 1 is 1.64 bits per heavy atom. The van der Waals surface area contributed by atoms with Gasteiger partial charge in [0, 0.05) is 0 Å². The quantitative estimate of drug-likeness (QED) is 0.556. The standard InChI is InChI=1S/C10H18O/c1-4-6-10(3)8-9(2)5-7-11-10/h5H,4,6-8H2,1-3H3. The second-order valence-electron chi connectivity index (χ2n) is 3.74. The SMILES string of the molecule is CCCC1(C)CC(C)=CCO1. The van der Waals surface area contributed by atoms with Gasteiger partial charge < -0.3 is 4.74 Å². The lowest BCUT2D eigenvalue weighted by Gasteiger charge is -2.33. The molecule has 0 aromatic carbocycles. The van der Waals surface area contributed by atoms with Crippen LogP contribution in [0.4, 0.5) is 0 Å². The average molecular weight is 154 g/mol. The van der Waals surface area contributed by atoms with E-state index in [1.807, 2.05) is 0 Å². The number of hydrogen-bond donors (Lipinski definition) is 0. The molecule has 1 atom stereocenters. The van der Waals surface area contributed by atoms with Crippen molar-refractivity contribution in [3.05, 3.63) is 11.6 Å². The molecule has 0 aromatic rings. The molecule has 0 bridgehead atoms. The van der Waals surface area contributed by atoms with Crippen molar-refractivity contribution in [1.29, 1.82) is 0 Å². The Bertz CT molecular complexity index is 160. The van der Waals surface area contributed by atoms with E-state index in [1.165, 1.54) is 18.4 Å². The van der Waals surface area contributed by atoms with Gasteiger partial charge in [-0.05, 0) is 26.7 Å². The molecule has 0 fully saturated rings. The van der Waals surface area contributed by atoms with E-state index in [1.54, 1.807) is 0 Å². The van der Waals surface area contributed by atoms with Crippen molar-refractivity contribution in [1.82, 2.24) is 0 Å². The Hall–Kier alpha value is -0.300. The fourth-order valence-electron chi connectivity index (χ4n) is 1.79. The van der Waals surface area contributed by atoms with Crippen molar-refractivity contribution < 1.29 is 4.74 Å². The van der Waals surface area contributed by atoms with E-state index < -0.39 is 0 Å². The van der Waals surface area contributed by atoms with E-state index in [0.717, 1.165) is 13.0 Å². The van der Waals surface area contributed by atoms with Gasteiger partial charge in [-0.15, -0.1) is 0 Å². The maximum Gasteiger partial charge on any atom is 0.0695 e. The summed E-state index contributed by atoms with van der Waals surface area (Å²) in [6.07, 6.45) is 5.68. The minimum Gasteiger partial charge on any atom is -0.371 e. The molecule has 0 aliphatic carbocycles. The molecule has 0 spiro atoms. The van der Waals surface area contributed by atoms with Crippen molar-refractivity contribution in [3.8, 4) is 0 Å². The fourth-order valence-corrected chi connectivity index (χ4v) is 1.79. The molecule has 0 N–H and O–H groups in total. The van der Waals surface area contributed by atoms with E-state index in [9.17, 15) is 0 Å². The molecule has 1 heterocycles. The van der Waals surface area contributed by atoms with Crippen molar-refractivity contribution in [3.63, 3.8) is 0 Å². The highest BCUT2D eigenvalue weighted by atomic mass is 16.5. The number of hydrogen-bond acceptors (Lipinski definition) is 1. The zero-order valence-electron chi connectivity index (χ0n) is 7.81. The highest BCUT2D eigenvalue weighted by Gasteiger charge is 2.26. The first kappa shape index (κ1) is 8.79. The van der Waals surface area contributed by atoms with Crippen LogP contribution in [0.15, 0.2) is 11.6 Å². The minimum atomic E-state index is 0.133. The minimum absolute atomic E-state index is 0.133. The molecule has 0 radical (unpaired) electrons. The molecule has 1 unspecified atom stereocenters. The van der Waals surface area contributed by atoms with Crippen LogP contribution in [0.3, 0.4) is 0 Å². The third-order valence-electron chi connectivity index (χ3n) is 2.30. The Balaban J connectivity index is 2.53. The Labute approximate surface area is 69.4 Å². The van der Waals surface area contributed by atoms with Gasteiger partial charge in [0.15, 0.2) is 0 Å². The van der Waals surface area contributed by atoms with E-state index in [4.69, 9.17) is 4.74 Å². The molecule has 1 nitrogen and oxygen atoms in total. The topological polar surface area (TPSA) is 9.23 Å². The zero-order valence-corrected chi connectivity index (χ0v) is 7.81. The van der Waals surface area contributed by atoms with Crippen LogP contribution >= 0.6 is 0 Å².